The van der Waals surface area contributed by atoms with Crippen LogP contribution in [0.4, 0.5) is 11.4 Å². The van der Waals surface area contributed by atoms with Crippen molar-refractivity contribution >= 4 is 23.4 Å². The van der Waals surface area contributed by atoms with Crippen LogP contribution in [0.15, 0.2) is 54.6 Å². The van der Waals surface area contributed by atoms with Crippen LogP contribution >= 0.6 is 0 Å². The van der Waals surface area contributed by atoms with Crippen molar-refractivity contribution in [2.75, 3.05) is 11.9 Å². The number of nitrogens with one attached hydrogen (secondary N) is 1. The lowest BCUT2D eigenvalue weighted by Gasteiger charge is -2.04. The molecule has 2 aromatic rings. The second-order valence-corrected chi connectivity index (χ2v) is 5.04. The number of anilines is 1. The van der Waals surface area contributed by atoms with Gasteiger partial charge in [-0.2, -0.15) is 0 Å². The molecule has 2 rings (SSSR count). The van der Waals surface area contributed by atoms with Crippen molar-refractivity contribution in [3.8, 4) is 5.75 Å². The lowest BCUT2D eigenvalue weighted by Crippen LogP contribution is -2.07. The first kappa shape index (κ1) is 17.2. The van der Waals surface area contributed by atoms with E-state index in [1.807, 2.05) is 31.2 Å². The first-order chi connectivity index (χ1) is 11.6. The van der Waals surface area contributed by atoms with Crippen LogP contribution in [0.1, 0.15) is 18.9 Å². The Kier molecular flexibility index (Phi) is 6.08. The summed E-state index contributed by atoms with van der Waals surface area (Å²) in [7, 11) is 0. The summed E-state index contributed by atoms with van der Waals surface area (Å²) in [5.74, 6) is 0.486. The zero-order chi connectivity index (χ0) is 17.4. The predicted octanol–water partition coefficient (Wildman–Crippen LogP) is 4.04. The molecule has 2 aromatic carbocycles. The van der Waals surface area contributed by atoms with Crippen LogP contribution in [0.5, 0.6) is 5.75 Å². The monoisotopic (exact) mass is 326 g/mol. The minimum Gasteiger partial charge on any atom is -0.494 e. The third kappa shape index (κ3) is 5.24. The summed E-state index contributed by atoms with van der Waals surface area (Å²) in [6, 6.07) is 13.1. The van der Waals surface area contributed by atoms with E-state index in [1.165, 1.54) is 30.3 Å². The Morgan fingerprint density at radius 2 is 1.83 bits per heavy atom. The van der Waals surface area contributed by atoms with Crippen LogP contribution in [0.2, 0.25) is 0 Å². The van der Waals surface area contributed by atoms with Gasteiger partial charge in [-0.15, -0.1) is 0 Å². The lowest BCUT2D eigenvalue weighted by molar-refractivity contribution is -0.384. The Hall–Kier alpha value is -3.15. The highest BCUT2D eigenvalue weighted by Crippen LogP contribution is 2.16. The maximum absolute atomic E-state index is 11.9. The Morgan fingerprint density at radius 3 is 2.42 bits per heavy atom. The summed E-state index contributed by atoms with van der Waals surface area (Å²) >= 11 is 0. The molecule has 1 N–H and O–H groups in total. The molecule has 1 amide bonds. The number of carbonyl (C=O) groups is 1. The average molecular weight is 326 g/mol. The zero-order valence-electron chi connectivity index (χ0n) is 13.3. The molecule has 0 aliphatic rings. The SMILES string of the molecule is CCCOc1ccc(/C=C/C(=O)Nc2ccc([N+](=O)[O-])cc2)cc1. The van der Waals surface area contributed by atoms with Crippen molar-refractivity contribution in [2.24, 2.45) is 0 Å². The number of amides is 1. The van der Waals surface area contributed by atoms with Gasteiger partial charge in [0.15, 0.2) is 0 Å². The number of nitrogens with zero attached hydrogens (tertiary/aromatic N) is 1. The minimum atomic E-state index is -0.487. The molecule has 24 heavy (non-hydrogen) atoms. The molecule has 0 unspecified atom stereocenters. The normalized spacial score (nSPS) is 10.5. The fourth-order valence-electron chi connectivity index (χ4n) is 1.92. The van der Waals surface area contributed by atoms with Crippen LogP contribution in [0, 0.1) is 10.1 Å². The van der Waals surface area contributed by atoms with Gasteiger partial charge < -0.3 is 10.1 Å². The van der Waals surface area contributed by atoms with E-state index in [0.717, 1.165) is 17.7 Å². The number of nitro benzene ring substituents is 1. The zero-order valence-corrected chi connectivity index (χ0v) is 13.3. The molecule has 0 radical (unpaired) electrons. The maximum atomic E-state index is 11.9. The van der Waals surface area contributed by atoms with Crippen molar-refractivity contribution in [3.05, 3.63) is 70.3 Å². The summed E-state index contributed by atoms with van der Waals surface area (Å²) < 4.78 is 5.49. The first-order valence-corrected chi connectivity index (χ1v) is 7.55. The minimum absolute atomic E-state index is 0.0195. The number of hydrogen-bond donors (Lipinski definition) is 1. The van der Waals surface area contributed by atoms with Gasteiger partial charge in [0.2, 0.25) is 5.91 Å². The van der Waals surface area contributed by atoms with Gasteiger partial charge in [-0.25, -0.2) is 0 Å². The van der Waals surface area contributed by atoms with Crippen LogP contribution in [0.3, 0.4) is 0 Å². The van der Waals surface area contributed by atoms with Crippen LogP contribution in [0.25, 0.3) is 6.08 Å². The molecule has 6 heteroatoms. The molecule has 0 saturated carbocycles. The van der Waals surface area contributed by atoms with Crippen LogP contribution in [-0.2, 0) is 4.79 Å². The van der Waals surface area contributed by atoms with E-state index in [9.17, 15) is 14.9 Å². The summed E-state index contributed by atoms with van der Waals surface area (Å²) in [5.41, 5.74) is 1.35. The van der Waals surface area contributed by atoms with E-state index in [-0.39, 0.29) is 11.6 Å². The van der Waals surface area contributed by atoms with Gasteiger partial charge in [0, 0.05) is 23.9 Å². The fourth-order valence-corrected chi connectivity index (χ4v) is 1.92. The van der Waals surface area contributed by atoms with Crippen LogP contribution < -0.4 is 10.1 Å². The molecular weight excluding hydrogens is 308 g/mol. The number of non-ortho nitro benzene ring substituents is 1. The highest BCUT2D eigenvalue weighted by atomic mass is 16.6. The highest BCUT2D eigenvalue weighted by Gasteiger charge is 2.04. The van der Waals surface area contributed by atoms with E-state index in [0.29, 0.717) is 12.3 Å². The van der Waals surface area contributed by atoms with Crippen molar-refractivity contribution in [1.29, 1.82) is 0 Å². The molecular formula is C18H18N2O4. The first-order valence-electron chi connectivity index (χ1n) is 7.55. The third-order valence-corrected chi connectivity index (χ3v) is 3.13. The number of benzene rings is 2. The number of carbonyl (C=O) groups excluding carboxylic acids is 1. The number of nitro groups is 1. The second kappa shape index (κ2) is 8.47. The van der Waals surface area contributed by atoms with Gasteiger partial charge >= 0.3 is 0 Å². The van der Waals surface area contributed by atoms with Gasteiger partial charge in [-0.05, 0) is 42.3 Å². The van der Waals surface area contributed by atoms with Gasteiger partial charge in [0.25, 0.3) is 5.69 Å². The Morgan fingerprint density at radius 1 is 1.17 bits per heavy atom. The van der Waals surface area contributed by atoms with Gasteiger partial charge in [0.1, 0.15) is 5.75 Å². The van der Waals surface area contributed by atoms with E-state index in [2.05, 4.69) is 5.32 Å². The summed E-state index contributed by atoms with van der Waals surface area (Å²) in [4.78, 5) is 21.9. The Bertz CT molecular complexity index is 722. The maximum Gasteiger partial charge on any atom is 0.269 e. The molecule has 0 saturated heterocycles. The van der Waals surface area contributed by atoms with Gasteiger partial charge in [-0.1, -0.05) is 19.1 Å². The summed E-state index contributed by atoms with van der Waals surface area (Å²) in [6.45, 7) is 2.72. The van der Waals surface area contributed by atoms with E-state index in [4.69, 9.17) is 4.74 Å². The number of rotatable bonds is 7. The molecule has 0 atom stereocenters. The molecule has 0 heterocycles. The second-order valence-electron chi connectivity index (χ2n) is 5.04. The molecule has 0 bridgehead atoms. The number of hydrogen-bond acceptors (Lipinski definition) is 4. The average Bonchev–Trinajstić information content (AvgIpc) is 2.59. The van der Waals surface area contributed by atoms with Crippen LogP contribution in [-0.4, -0.2) is 17.4 Å². The predicted molar refractivity (Wildman–Crippen MR) is 93.0 cm³/mol. The number of ether oxygens (including phenoxy) is 1. The fraction of sp³-hybridized carbons (Fsp3) is 0.167. The molecule has 0 aliphatic carbocycles. The van der Waals surface area contributed by atoms with Crippen molar-refractivity contribution in [3.63, 3.8) is 0 Å². The van der Waals surface area contributed by atoms with Crippen molar-refractivity contribution in [1.82, 2.24) is 0 Å². The highest BCUT2D eigenvalue weighted by molar-refractivity contribution is 6.01. The largest absolute Gasteiger partial charge is 0.494 e. The molecule has 6 nitrogen and oxygen atoms in total. The molecule has 0 fully saturated rings. The van der Waals surface area contributed by atoms with E-state index in [1.54, 1.807) is 6.08 Å². The molecule has 0 spiro atoms. The van der Waals surface area contributed by atoms with E-state index >= 15 is 0 Å². The molecule has 124 valence electrons. The van der Waals surface area contributed by atoms with Gasteiger partial charge in [-0.3, -0.25) is 14.9 Å². The van der Waals surface area contributed by atoms with Crippen molar-refractivity contribution in [2.45, 2.75) is 13.3 Å². The Balaban J connectivity index is 1.91. The quantitative estimate of drug-likeness (QED) is 0.473. The lowest BCUT2D eigenvalue weighted by atomic mass is 10.2. The Labute approximate surface area is 139 Å². The van der Waals surface area contributed by atoms with E-state index < -0.39 is 4.92 Å². The summed E-state index contributed by atoms with van der Waals surface area (Å²) in [5, 5.41) is 13.2. The molecule has 0 aromatic heterocycles. The molecule has 0 aliphatic heterocycles. The third-order valence-electron chi connectivity index (χ3n) is 3.13. The standard InChI is InChI=1S/C18H18N2O4/c1-2-13-24-17-10-3-14(4-11-17)5-12-18(21)19-15-6-8-16(9-7-15)20(22)23/h3-12H,2,13H2,1H3,(H,19,21)/b12-5+. The van der Waals surface area contributed by atoms with Gasteiger partial charge in [0.05, 0.1) is 11.5 Å². The van der Waals surface area contributed by atoms with Crippen molar-refractivity contribution < 1.29 is 14.5 Å². The topological polar surface area (TPSA) is 81.5 Å². The smallest absolute Gasteiger partial charge is 0.269 e. The summed E-state index contributed by atoms with van der Waals surface area (Å²) in [6.07, 6.45) is 4.04.